The van der Waals surface area contributed by atoms with Gasteiger partial charge in [-0.05, 0) is 106 Å². The molecule has 6 nitrogen and oxygen atoms in total. The molecule has 0 bridgehead atoms. The number of halogens is 1. The van der Waals surface area contributed by atoms with Crippen LogP contribution in [0.1, 0.15) is 76.3 Å². The Kier molecular flexibility index (Phi) is 7.48. The van der Waals surface area contributed by atoms with Crippen molar-refractivity contribution in [2.45, 2.75) is 95.5 Å². The zero-order valence-electron chi connectivity index (χ0n) is 26.0. The first kappa shape index (κ1) is 29.0. The second-order valence-corrected chi connectivity index (χ2v) is 13.8. The number of hydrogen-bond donors (Lipinski definition) is 1. The van der Waals surface area contributed by atoms with Gasteiger partial charge in [-0.15, -0.1) is 0 Å². The molecule has 0 aromatic heterocycles. The number of aliphatic imine (C=N–C) groups is 1. The highest BCUT2D eigenvalue weighted by Gasteiger charge is 2.57. The summed E-state index contributed by atoms with van der Waals surface area (Å²) in [6, 6.07) is 25.6. The van der Waals surface area contributed by atoms with Crippen molar-refractivity contribution in [1.29, 1.82) is 0 Å². The maximum atomic E-state index is 14.5. The van der Waals surface area contributed by atoms with Gasteiger partial charge in [-0.1, -0.05) is 48.5 Å². The molecular weight excluding hydrogens is 551 g/mol. The molecule has 7 heteroatoms. The van der Waals surface area contributed by atoms with Gasteiger partial charge in [-0.25, -0.2) is 9.18 Å². The highest BCUT2D eigenvalue weighted by molar-refractivity contribution is 6.19. The Bertz CT molecular complexity index is 1550. The number of rotatable bonds is 7. The fourth-order valence-electron chi connectivity index (χ4n) is 8.05. The topological polar surface area (TPSA) is 57.2 Å². The standard InChI is InChI=1S/C37H43FN4O2/c1-25(2)44-31-14-7-9-27(19-31)24-41-18-17-37(21-26(41)3)34(40-35(43)42(37)30-13-8-12-29(38)20-30)39-33-23-36(15-16-36)22-32(33)28-10-5-4-6-11-28/h4-14,19-20,25-26,32-33H,15-18,21-24H2,1-3H3,(H,39,40,43)/t26-,32-,33+,37?/m0/s1. The average molecular weight is 595 g/mol. The maximum absolute atomic E-state index is 14.5. The second-order valence-electron chi connectivity index (χ2n) is 13.8. The lowest BCUT2D eigenvalue weighted by Crippen LogP contribution is -2.59. The molecule has 4 fully saturated rings. The number of hydrogen-bond acceptors (Lipinski definition) is 4. The van der Waals surface area contributed by atoms with Gasteiger partial charge >= 0.3 is 6.03 Å². The Hall–Kier alpha value is -3.71. The summed E-state index contributed by atoms with van der Waals surface area (Å²) in [5.74, 6) is 1.63. The van der Waals surface area contributed by atoms with E-state index in [2.05, 4.69) is 65.7 Å². The summed E-state index contributed by atoms with van der Waals surface area (Å²) < 4.78 is 20.5. The van der Waals surface area contributed by atoms with Gasteiger partial charge in [0, 0.05) is 30.7 Å². The number of amidine groups is 1. The van der Waals surface area contributed by atoms with Crippen LogP contribution in [-0.4, -0.2) is 47.0 Å². The van der Waals surface area contributed by atoms with Crippen LogP contribution in [-0.2, 0) is 6.54 Å². The predicted molar refractivity (Wildman–Crippen MR) is 173 cm³/mol. The highest BCUT2D eigenvalue weighted by Crippen LogP contribution is 2.62. The molecule has 44 heavy (non-hydrogen) atoms. The number of likely N-dealkylation sites (tertiary alicyclic amines) is 1. The maximum Gasteiger partial charge on any atom is 0.328 e. The molecule has 230 valence electrons. The molecular formula is C37H43FN4O2. The smallest absolute Gasteiger partial charge is 0.328 e. The molecule has 2 spiro atoms. The van der Waals surface area contributed by atoms with Gasteiger partial charge in [-0.2, -0.15) is 0 Å². The molecule has 2 aliphatic heterocycles. The fraction of sp³-hybridized carbons (Fsp3) is 0.459. The van der Waals surface area contributed by atoms with E-state index in [1.54, 1.807) is 11.0 Å². The van der Waals surface area contributed by atoms with Gasteiger partial charge < -0.3 is 4.74 Å². The monoisotopic (exact) mass is 594 g/mol. The number of carbonyl (C=O) groups excluding carboxylic acids is 1. The Labute approximate surface area is 260 Å². The van der Waals surface area contributed by atoms with Gasteiger partial charge in [0.15, 0.2) is 0 Å². The third-order valence-electron chi connectivity index (χ3n) is 10.3. The minimum atomic E-state index is -0.663. The van der Waals surface area contributed by atoms with Gasteiger partial charge in [0.2, 0.25) is 0 Å². The summed E-state index contributed by atoms with van der Waals surface area (Å²) >= 11 is 0. The van der Waals surface area contributed by atoms with Gasteiger partial charge in [0.05, 0.1) is 12.1 Å². The van der Waals surface area contributed by atoms with Gasteiger partial charge in [0.25, 0.3) is 0 Å². The van der Waals surface area contributed by atoms with E-state index in [4.69, 9.17) is 9.73 Å². The number of carbonyl (C=O) groups is 1. The molecule has 2 aliphatic carbocycles. The van der Waals surface area contributed by atoms with Crippen LogP contribution < -0.4 is 15.0 Å². The minimum Gasteiger partial charge on any atom is -0.491 e. The van der Waals surface area contributed by atoms with Crippen molar-refractivity contribution in [1.82, 2.24) is 10.2 Å². The Morgan fingerprint density at radius 3 is 2.50 bits per heavy atom. The van der Waals surface area contributed by atoms with E-state index in [1.807, 2.05) is 26.0 Å². The van der Waals surface area contributed by atoms with Crippen LogP contribution in [0.2, 0.25) is 0 Å². The lowest BCUT2D eigenvalue weighted by molar-refractivity contribution is 0.123. The Morgan fingerprint density at radius 1 is 0.977 bits per heavy atom. The summed E-state index contributed by atoms with van der Waals surface area (Å²) in [4.78, 5) is 23.6. The molecule has 1 N–H and O–H groups in total. The van der Waals surface area contributed by atoms with Crippen molar-refractivity contribution < 1.29 is 13.9 Å². The van der Waals surface area contributed by atoms with Crippen LogP contribution in [0.3, 0.4) is 0 Å². The lowest BCUT2D eigenvalue weighted by Gasteiger charge is -2.47. The number of nitrogens with zero attached hydrogens (tertiary/aromatic N) is 3. The van der Waals surface area contributed by atoms with Crippen LogP contribution in [0.25, 0.3) is 0 Å². The Morgan fingerprint density at radius 2 is 1.77 bits per heavy atom. The van der Waals surface area contributed by atoms with Crippen LogP contribution in [0.4, 0.5) is 14.9 Å². The van der Waals surface area contributed by atoms with Crippen molar-refractivity contribution in [3.05, 3.63) is 95.8 Å². The fourth-order valence-corrected chi connectivity index (χ4v) is 8.05. The largest absolute Gasteiger partial charge is 0.491 e. The molecule has 0 radical (unpaired) electrons. The van der Waals surface area contributed by atoms with E-state index in [-0.39, 0.29) is 30.0 Å². The summed E-state index contributed by atoms with van der Waals surface area (Å²) in [6.45, 7) is 7.89. The first-order valence-corrected chi connectivity index (χ1v) is 16.2. The van der Waals surface area contributed by atoms with Crippen LogP contribution in [0, 0.1) is 11.2 Å². The van der Waals surface area contributed by atoms with Gasteiger partial charge in [0.1, 0.15) is 22.9 Å². The molecule has 3 aromatic rings. The zero-order valence-corrected chi connectivity index (χ0v) is 26.0. The predicted octanol–water partition coefficient (Wildman–Crippen LogP) is 7.69. The molecule has 4 atom stereocenters. The summed E-state index contributed by atoms with van der Waals surface area (Å²) in [5.41, 5.74) is 2.84. The minimum absolute atomic E-state index is 0.108. The molecule has 3 aromatic carbocycles. The molecule has 2 saturated heterocycles. The van der Waals surface area contributed by atoms with Crippen LogP contribution in [0.5, 0.6) is 5.75 Å². The average Bonchev–Trinajstić information content (AvgIpc) is 3.57. The number of anilines is 1. The Balaban J connectivity index is 1.21. The van der Waals surface area contributed by atoms with E-state index in [1.165, 1.54) is 36.1 Å². The number of ether oxygens (including phenoxy) is 1. The molecule has 2 heterocycles. The number of benzene rings is 3. The summed E-state index contributed by atoms with van der Waals surface area (Å²) in [7, 11) is 0. The molecule has 2 saturated carbocycles. The summed E-state index contributed by atoms with van der Waals surface area (Å²) in [6.07, 6.45) is 6.27. The normalized spacial score (nSPS) is 28.8. The van der Waals surface area contributed by atoms with E-state index < -0.39 is 5.54 Å². The molecule has 7 rings (SSSR count). The summed E-state index contributed by atoms with van der Waals surface area (Å²) in [5, 5.41) is 3.22. The zero-order chi connectivity index (χ0) is 30.5. The molecule has 2 amide bonds. The second kappa shape index (κ2) is 11.3. The lowest BCUT2D eigenvalue weighted by atomic mass is 9.81. The van der Waals surface area contributed by atoms with E-state index in [0.717, 1.165) is 37.5 Å². The quantitative estimate of drug-likeness (QED) is 0.305. The molecule has 1 unspecified atom stereocenters. The van der Waals surface area contributed by atoms with Crippen molar-refractivity contribution in [2.24, 2.45) is 10.4 Å². The number of piperidine rings is 1. The number of amides is 2. The van der Waals surface area contributed by atoms with Crippen molar-refractivity contribution in [3.63, 3.8) is 0 Å². The first-order valence-electron chi connectivity index (χ1n) is 16.2. The van der Waals surface area contributed by atoms with Crippen molar-refractivity contribution in [2.75, 3.05) is 11.4 Å². The van der Waals surface area contributed by atoms with E-state index >= 15 is 0 Å². The van der Waals surface area contributed by atoms with Gasteiger partial charge in [-0.3, -0.25) is 20.1 Å². The van der Waals surface area contributed by atoms with Crippen molar-refractivity contribution in [3.8, 4) is 5.75 Å². The number of urea groups is 1. The third-order valence-corrected chi connectivity index (χ3v) is 10.3. The molecule has 4 aliphatic rings. The van der Waals surface area contributed by atoms with Crippen molar-refractivity contribution >= 4 is 17.6 Å². The van der Waals surface area contributed by atoms with Crippen LogP contribution in [0.15, 0.2) is 83.9 Å². The SMILES string of the molecule is CC(C)Oc1cccc(CN2CCC3(C[C@@H]2C)C(=N[C@@H]2CC4(CC4)C[C@H]2c2ccccc2)NC(=O)N3c2cccc(F)c2)c1. The van der Waals surface area contributed by atoms with E-state index in [0.29, 0.717) is 29.9 Å². The third kappa shape index (κ3) is 5.51. The van der Waals surface area contributed by atoms with E-state index in [9.17, 15) is 9.18 Å². The van der Waals surface area contributed by atoms with Crippen LogP contribution >= 0.6 is 0 Å². The number of nitrogens with one attached hydrogen (secondary N) is 1. The highest BCUT2D eigenvalue weighted by atomic mass is 19.1. The first-order chi connectivity index (χ1) is 21.2.